The van der Waals surface area contributed by atoms with Crippen molar-refractivity contribution in [2.45, 2.75) is 38.4 Å². The first-order chi connectivity index (χ1) is 31.1. The van der Waals surface area contributed by atoms with Crippen molar-refractivity contribution in [3.63, 3.8) is 0 Å². The molecule has 0 spiro atoms. The lowest BCUT2D eigenvalue weighted by molar-refractivity contribution is -0.0788. The number of nitrogens with one attached hydrogen (secondary N) is 1. The Balaban J connectivity index is 1.26. The van der Waals surface area contributed by atoms with Gasteiger partial charge in [0.25, 0.3) is 0 Å². The van der Waals surface area contributed by atoms with Gasteiger partial charge in [0.15, 0.2) is 22.6 Å². The highest BCUT2D eigenvalue weighted by molar-refractivity contribution is 7.89. The summed E-state index contributed by atoms with van der Waals surface area (Å²) in [6.07, 6.45) is -0.338. The van der Waals surface area contributed by atoms with Crippen LogP contribution in [-0.2, 0) is 35.3 Å². The number of anilines is 3. The number of nitrogens with zero attached hydrogens (tertiary/aromatic N) is 1. The van der Waals surface area contributed by atoms with Gasteiger partial charge in [-0.3, -0.25) is 0 Å². The predicted molar refractivity (Wildman–Crippen MR) is 249 cm³/mol. The molecule has 10 nitrogen and oxygen atoms in total. The maximum Gasteiger partial charge on any atom is 0.211 e. The minimum atomic E-state index is -3.64. The summed E-state index contributed by atoms with van der Waals surface area (Å²) >= 11 is -2.03. The number of ether oxygens (including phenoxy) is 4. The van der Waals surface area contributed by atoms with Crippen LogP contribution in [0.3, 0.4) is 0 Å². The average molecular weight is 911 g/mol. The van der Waals surface area contributed by atoms with Crippen LogP contribution in [0.4, 0.5) is 25.8 Å². The number of hydrogen-bond acceptors (Lipinski definition) is 8. The molecule has 1 aliphatic rings. The Morgan fingerprint density at radius 3 is 1.83 bits per heavy atom. The van der Waals surface area contributed by atoms with Gasteiger partial charge in [-0.2, -0.15) is 0 Å². The standard InChI is InChI=1S/C50H52F2N2O8S2/c1-3-25-60-28-24-53-64(57,58)30-11-27-62-50-46-32-37(44-33-38(51)34-47(52)48(44)59-2)19-23-43(46)42-22-18-36(31-45(42)49(50)61-26-10-29-63(55)56)35-16-20-41(21-17-35)54(39-12-6-4-7-13-39)40-14-8-5-9-15-40/h4-9,12-23,31-34,49-50,53H,3,10-11,24-30H2,1-2H3,(H,55,56). The molecule has 2 N–H and O–H groups in total. The zero-order chi connectivity index (χ0) is 45.1. The van der Waals surface area contributed by atoms with Gasteiger partial charge in [-0.1, -0.05) is 79.7 Å². The van der Waals surface area contributed by atoms with Crippen LogP contribution < -0.4 is 14.4 Å². The first-order valence-electron chi connectivity index (χ1n) is 21.2. The Hall–Kier alpha value is -5.32. The topological polar surface area (TPSA) is 124 Å². The SMILES string of the molecule is CCCOCCNS(=O)(=O)CCCOC1c2cc(-c3cc(F)cc(F)c3OC)ccc2-c2ccc(-c3ccc(N(c4ccccc4)c4ccccc4)cc3)cc2C1OCCCS(=O)O. The lowest BCUT2D eigenvalue weighted by Crippen LogP contribution is -2.30. The number of sulfonamides is 1. The quantitative estimate of drug-likeness (QED) is 0.0506. The molecule has 0 saturated heterocycles. The van der Waals surface area contributed by atoms with Gasteiger partial charge in [-0.25, -0.2) is 26.1 Å². The first kappa shape index (κ1) is 46.7. The van der Waals surface area contributed by atoms with Crippen molar-refractivity contribution in [2.24, 2.45) is 0 Å². The summed E-state index contributed by atoms with van der Waals surface area (Å²) in [5.41, 5.74) is 8.59. The van der Waals surface area contributed by atoms with Crippen LogP contribution in [0.5, 0.6) is 5.75 Å². The summed E-state index contributed by atoms with van der Waals surface area (Å²) in [6, 6.07) is 42.1. The Labute approximate surface area is 376 Å². The van der Waals surface area contributed by atoms with Gasteiger partial charge in [0, 0.05) is 55.1 Å². The van der Waals surface area contributed by atoms with E-state index in [0.29, 0.717) is 17.7 Å². The van der Waals surface area contributed by atoms with Gasteiger partial charge in [0.2, 0.25) is 10.0 Å². The zero-order valence-corrected chi connectivity index (χ0v) is 37.4. The molecule has 7 rings (SSSR count). The van der Waals surface area contributed by atoms with Gasteiger partial charge in [0.05, 0.1) is 25.2 Å². The van der Waals surface area contributed by atoms with Crippen LogP contribution in [0.2, 0.25) is 0 Å². The molecule has 0 aliphatic heterocycles. The third kappa shape index (κ3) is 11.5. The molecule has 3 unspecified atom stereocenters. The van der Waals surface area contributed by atoms with E-state index in [1.54, 1.807) is 12.1 Å². The van der Waals surface area contributed by atoms with Crippen LogP contribution in [0.15, 0.2) is 133 Å². The van der Waals surface area contributed by atoms with E-state index in [0.717, 1.165) is 57.4 Å². The highest BCUT2D eigenvalue weighted by Gasteiger charge is 2.36. The first-order valence-corrected chi connectivity index (χ1v) is 24.2. The van der Waals surface area contributed by atoms with E-state index in [1.807, 2.05) is 61.5 Å². The van der Waals surface area contributed by atoms with Crippen molar-refractivity contribution in [1.29, 1.82) is 0 Å². The van der Waals surface area contributed by atoms with Crippen molar-refractivity contribution in [3.8, 4) is 39.1 Å². The molecule has 0 saturated carbocycles. The van der Waals surface area contributed by atoms with E-state index >= 15 is 4.39 Å². The van der Waals surface area contributed by atoms with Gasteiger partial charge in [-0.05, 0) is 113 Å². The molecule has 64 heavy (non-hydrogen) atoms. The van der Waals surface area contributed by atoms with Gasteiger partial charge < -0.3 is 28.4 Å². The molecule has 0 fully saturated rings. The summed E-state index contributed by atoms with van der Waals surface area (Å²) in [6.45, 7) is 3.07. The van der Waals surface area contributed by atoms with Gasteiger partial charge >= 0.3 is 0 Å². The molecule has 336 valence electrons. The largest absolute Gasteiger partial charge is 0.493 e. The number of para-hydroxylation sites is 2. The number of fused-ring (bicyclic) bond motifs is 3. The summed E-state index contributed by atoms with van der Waals surface area (Å²) in [5.74, 6) is -1.94. The summed E-state index contributed by atoms with van der Waals surface area (Å²) in [4.78, 5) is 2.18. The molecule has 6 aromatic rings. The summed E-state index contributed by atoms with van der Waals surface area (Å²) in [7, 11) is -2.32. The highest BCUT2D eigenvalue weighted by Crippen LogP contribution is 2.51. The summed E-state index contributed by atoms with van der Waals surface area (Å²) < 4.78 is 103. The van der Waals surface area contributed by atoms with Crippen LogP contribution >= 0.6 is 0 Å². The van der Waals surface area contributed by atoms with E-state index in [4.69, 9.17) is 18.9 Å². The van der Waals surface area contributed by atoms with Crippen molar-refractivity contribution < 1.29 is 44.9 Å². The molecular formula is C50H52F2N2O8S2. The Bertz CT molecular complexity index is 2580. The fourth-order valence-electron chi connectivity index (χ4n) is 7.94. The lowest BCUT2D eigenvalue weighted by Gasteiger charge is -2.36. The molecule has 0 radical (unpaired) electrons. The fourth-order valence-corrected chi connectivity index (χ4v) is 9.34. The molecule has 0 amide bonds. The molecular weight excluding hydrogens is 859 g/mol. The third-order valence-electron chi connectivity index (χ3n) is 10.8. The third-order valence-corrected chi connectivity index (χ3v) is 12.9. The van der Waals surface area contributed by atoms with E-state index in [-0.39, 0.29) is 62.0 Å². The Morgan fingerprint density at radius 2 is 1.23 bits per heavy atom. The Kier molecular flexibility index (Phi) is 16.1. The number of methoxy groups -OCH3 is 1. The minimum Gasteiger partial charge on any atom is -0.493 e. The van der Waals surface area contributed by atoms with Gasteiger partial charge in [-0.15, -0.1) is 0 Å². The minimum absolute atomic E-state index is 0.000475. The smallest absolute Gasteiger partial charge is 0.211 e. The van der Waals surface area contributed by atoms with Crippen molar-refractivity contribution in [2.75, 3.05) is 56.5 Å². The van der Waals surface area contributed by atoms with Crippen LogP contribution in [-0.4, -0.2) is 68.8 Å². The molecule has 3 atom stereocenters. The Morgan fingerprint density at radius 1 is 0.672 bits per heavy atom. The monoisotopic (exact) mass is 910 g/mol. The van der Waals surface area contributed by atoms with Crippen molar-refractivity contribution in [3.05, 3.63) is 156 Å². The molecule has 0 aromatic heterocycles. The van der Waals surface area contributed by atoms with E-state index in [9.17, 15) is 21.6 Å². The van der Waals surface area contributed by atoms with E-state index in [2.05, 4.69) is 64.2 Å². The number of benzene rings is 6. The van der Waals surface area contributed by atoms with Crippen LogP contribution in [0, 0.1) is 11.6 Å². The molecule has 14 heteroatoms. The summed E-state index contributed by atoms with van der Waals surface area (Å²) in [5, 5.41) is 0. The van der Waals surface area contributed by atoms with E-state index in [1.165, 1.54) is 13.2 Å². The van der Waals surface area contributed by atoms with E-state index < -0.39 is 44.9 Å². The lowest BCUT2D eigenvalue weighted by atomic mass is 9.79. The van der Waals surface area contributed by atoms with Crippen LogP contribution in [0.1, 0.15) is 49.5 Å². The number of hydrogen-bond donors (Lipinski definition) is 2. The molecule has 1 aliphatic carbocycles. The average Bonchev–Trinajstić information content (AvgIpc) is 3.30. The van der Waals surface area contributed by atoms with Crippen LogP contribution in [0.25, 0.3) is 33.4 Å². The molecule has 0 bridgehead atoms. The normalized spacial score (nSPS) is 15.0. The second kappa shape index (κ2) is 22.0. The van der Waals surface area contributed by atoms with Crippen molar-refractivity contribution in [1.82, 2.24) is 4.72 Å². The molecule has 6 aromatic carbocycles. The van der Waals surface area contributed by atoms with Crippen molar-refractivity contribution >= 4 is 38.2 Å². The number of rotatable bonds is 22. The zero-order valence-electron chi connectivity index (χ0n) is 35.8. The highest BCUT2D eigenvalue weighted by atomic mass is 32.2. The maximum absolute atomic E-state index is 15.0. The fraction of sp³-hybridized carbons (Fsp3) is 0.280. The maximum atomic E-state index is 15.0. The second-order valence-corrected chi connectivity index (χ2v) is 18.2. The molecule has 0 heterocycles. The van der Waals surface area contributed by atoms with Gasteiger partial charge in [0.1, 0.15) is 18.0 Å². The predicted octanol–water partition coefficient (Wildman–Crippen LogP) is 10.9. The second-order valence-electron chi connectivity index (χ2n) is 15.3. The number of halogens is 2.